The number of hydrogen-bond acceptors (Lipinski definition) is 4. The minimum atomic E-state index is -0.0718. The van der Waals surface area contributed by atoms with Gasteiger partial charge in [0.05, 0.1) is 24.9 Å². The number of nitrogens with zero attached hydrogens (tertiary/aromatic N) is 4. The highest BCUT2D eigenvalue weighted by Crippen LogP contribution is 2.40. The molecule has 0 radical (unpaired) electrons. The minimum Gasteiger partial charge on any atom is -0.497 e. The topological polar surface area (TPSA) is 55.2 Å². The monoisotopic (exact) mass is 441 g/mol. The second-order valence-electron chi connectivity index (χ2n) is 7.61. The first-order valence-corrected chi connectivity index (χ1v) is 10.8. The van der Waals surface area contributed by atoms with Crippen molar-refractivity contribution in [2.45, 2.75) is 18.6 Å². The summed E-state index contributed by atoms with van der Waals surface area (Å²) < 4.78 is 7.53. The summed E-state index contributed by atoms with van der Waals surface area (Å²) in [6.07, 6.45) is 7.53. The van der Waals surface area contributed by atoms with Gasteiger partial charge in [0, 0.05) is 42.7 Å². The fourth-order valence-corrected chi connectivity index (χ4v) is 4.50. The molecule has 1 saturated heterocycles. The van der Waals surface area contributed by atoms with Crippen LogP contribution in [0.4, 0.5) is 0 Å². The van der Waals surface area contributed by atoms with Crippen molar-refractivity contribution in [3.63, 3.8) is 0 Å². The van der Waals surface area contributed by atoms with Crippen molar-refractivity contribution in [1.29, 1.82) is 0 Å². The molecule has 0 spiro atoms. The summed E-state index contributed by atoms with van der Waals surface area (Å²) >= 11 is 5.81. The maximum atomic E-state index is 5.81. The Morgan fingerprint density at radius 2 is 1.78 bits per heavy atom. The van der Waals surface area contributed by atoms with Crippen LogP contribution in [0.25, 0.3) is 5.69 Å². The number of pyridine rings is 2. The first-order valence-electron chi connectivity index (χ1n) is 10.4. The Morgan fingerprint density at radius 1 is 0.969 bits per heavy atom. The van der Waals surface area contributed by atoms with Crippen LogP contribution in [0.2, 0.25) is 0 Å². The van der Waals surface area contributed by atoms with Gasteiger partial charge < -0.3 is 19.5 Å². The van der Waals surface area contributed by atoms with E-state index in [-0.39, 0.29) is 12.1 Å². The lowest BCUT2D eigenvalue weighted by molar-refractivity contribution is 0.302. The maximum absolute atomic E-state index is 5.81. The molecule has 6 nitrogen and oxygen atoms in total. The van der Waals surface area contributed by atoms with Gasteiger partial charge in [0.1, 0.15) is 5.75 Å². The largest absolute Gasteiger partial charge is 0.497 e. The van der Waals surface area contributed by atoms with Gasteiger partial charge in [0.25, 0.3) is 0 Å². The van der Waals surface area contributed by atoms with E-state index in [4.69, 9.17) is 17.0 Å². The van der Waals surface area contributed by atoms with E-state index in [1.165, 1.54) is 0 Å². The van der Waals surface area contributed by atoms with Gasteiger partial charge >= 0.3 is 0 Å². The number of aromatic nitrogens is 3. The molecule has 32 heavy (non-hydrogen) atoms. The number of methoxy groups -OCH3 is 1. The van der Waals surface area contributed by atoms with Crippen LogP contribution in [0.5, 0.6) is 5.75 Å². The average molecular weight is 442 g/mol. The number of hydrogen-bond donors (Lipinski definition) is 1. The van der Waals surface area contributed by atoms with Crippen molar-refractivity contribution >= 4 is 17.3 Å². The van der Waals surface area contributed by atoms with E-state index in [1.54, 1.807) is 7.11 Å². The van der Waals surface area contributed by atoms with Crippen LogP contribution < -0.4 is 10.1 Å². The highest BCUT2D eigenvalue weighted by molar-refractivity contribution is 7.80. The van der Waals surface area contributed by atoms with Gasteiger partial charge in [0.2, 0.25) is 0 Å². The van der Waals surface area contributed by atoms with Crippen LogP contribution >= 0.6 is 12.2 Å². The van der Waals surface area contributed by atoms with Crippen molar-refractivity contribution in [3.05, 3.63) is 108 Å². The lowest BCUT2D eigenvalue weighted by Crippen LogP contribution is -2.30. The zero-order valence-electron chi connectivity index (χ0n) is 17.6. The van der Waals surface area contributed by atoms with Crippen LogP contribution in [0.1, 0.15) is 29.0 Å². The van der Waals surface area contributed by atoms with Gasteiger partial charge in [-0.2, -0.15) is 0 Å². The predicted molar refractivity (Wildman–Crippen MR) is 128 cm³/mol. The smallest absolute Gasteiger partial charge is 0.170 e. The molecule has 1 aromatic carbocycles. The number of ether oxygens (including phenoxy) is 1. The molecule has 7 heteroatoms. The number of nitrogens with one attached hydrogen (secondary N) is 1. The summed E-state index contributed by atoms with van der Waals surface area (Å²) in [5, 5.41) is 4.23. The van der Waals surface area contributed by atoms with E-state index in [0.717, 1.165) is 28.4 Å². The average Bonchev–Trinajstić information content (AvgIpc) is 3.45. The first kappa shape index (κ1) is 20.2. The quantitative estimate of drug-likeness (QED) is 0.446. The number of rotatable bonds is 6. The molecule has 4 aromatic rings. The third-order valence-electron chi connectivity index (χ3n) is 5.73. The molecule has 0 saturated carbocycles. The SMILES string of the molecule is COc1ccc(-n2cccc2[C@@H]2[C@@H](c3ccccn3)NC(=S)N2Cc2ccncc2)cc1. The zero-order chi connectivity index (χ0) is 21.9. The molecule has 1 aliphatic rings. The molecular formula is C25H23N5OS. The van der Waals surface area contributed by atoms with Crippen LogP contribution in [-0.4, -0.2) is 31.7 Å². The number of thiocarbonyl (C=S) groups is 1. The van der Waals surface area contributed by atoms with Crippen LogP contribution in [0, 0.1) is 0 Å². The predicted octanol–water partition coefficient (Wildman–Crippen LogP) is 4.45. The molecule has 3 aromatic heterocycles. The fourth-order valence-electron chi connectivity index (χ4n) is 4.20. The molecule has 1 aliphatic heterocycles. The zero-order valence-corrected chi connectivity index (χ0v) is 18.4. The van der Waals surface area contributed by atoms with Gasteiger partial charge in [-0.1, -0.05) is 6.07 Å². The summed E-state index contributed by atoms with van der Waals surface area (Å²) in [6, 6.07) is 22.2. The lowest BCUT2D eigenvalue weighted by atomic mass is 10.0. The Balaban J connectivity index is 1.58. The molecule has 1 N–H and O–H groups in total. The fraction of sp³-hybridized carbons (Fsp3) is 0.160. The first-order chi connectivity index (χ1) is 15.7. The Hall–Kier alpha value is -3.71. The Kier molecular flexibility index (Phi) is 5.56. The third kappa shape index (κ3) is 3.83. The third-order valence-corrected chi connectivity index (χ3v) is 6.09. The number of benzene rings is 1. The van der Waals surface area contributed by atoms with Gasteiger partial charge in [-0.25, -0.2) is 0 Å². The molecule has 2 atom stereocenters. The Labute approximate surface area is 192 Å². The van der Waals surface area contributed by atoms with Crippen molar-refractivity contribution in [2.75, 3.05) is 7.11 Å². The second kappa shape index (κ2) is 8.80. The highest BCUT2D eigenvalue weighted by Gasteiger charge is 2.41. The molecule has 0 aliphatic carbocycles. The molecule has 0 amide bonds. The lowest BCUT2D eigenvalue weighted by Gasteiger charge is -2.29. The van der Waals surface area contributed by atoms with Gasteiger partial charge in [-0.05, 0) is 78.4 Å². The summed E-state index contributed by atoms with van der Waals surface area (Å²) in [6.45, 7) is 0.677. The van der Waals surface area contributed by atoms with E-state index in [1.807, 2.05) is 61.1 Å². The molecule has 160 valence electrons. The molecule has 1 fully saturated rings. The summed E-state index contributed by atoms with van der Waals surface area (Å²) in [5.74, 6) is 0.830. The summed E-state index contributed by atoms with van der Waals surface area (Å²) in [5.41, 5.74) is 4.30. The van der Waals surface area contributed by atoms with E-state index >= 15 is 0 Å². The van der Waals surface area contributed by atoms with E-state index in [2.05, 4.69) is 55.2 Å². The van der Waals surface area contributed by atoms with Crippen molar-refractivity contribution in [1.82, 2.24) is 24.8 Å². The standard InChI is InChI=1S/C25H23N5OS/c1-31-20-9-7-19(8-10-20)29-16-4-6-22(29)24-23(21-5-2-3-13-27-21)28-25(32)30(24)17-18-11-14-26-15-12-18/h2-16,23-24H,17H2,1H3,(H,28,32)/t23-,24-/m1/s1. The molecule has 5 rings (SSSR count). The highest BCUT2D eigenvalue weighted by atomic mass is 32.1. The Bertz CT molecular complexity index is 1190. The van der Waals surface area contributed by atoms with Gasteiger partial charge in [0.15, 0.2) is 5.11 Å². The molecule has 0 unspecified atom stereocenters. The maximum Gasteiger partial charge on any atom is 0.170 e. The van der Waals surface area contributed by atoms with E-state index < -0.39 is 0 Å². The van der Waals surface area contributed by atoms with Crippen LogP contribution in [-0.2, 0) is 6.54 Å². The van der Waals surface area contributed by atoms with Crippen LogP contribution in [0.15, 0.2) is 91.5 Å². The van der Waals surface area contributed by atoms with Crippen molar-refractivity contribution in [2.24, 2.45) is 0 Å². The molecule has 0 bridgehead atoms. The summed E-state index contributed by atoms with van der Waals surface area (Å²) in [4.78, 5) is 11.0. The van der Waals surface area contributed by atoms with Gasteiger partial charge in [-0.15, -0.1) is 0 Å². The Morgan fingerprint density at radius 3 is 2.50 bits per heavy atom. The second-order valence-corrected chi connectivity index (χ2v) is 8.00. The summed E-state index contributed by atoms with van der Waals surface area (Å²) in [7, 11) is 1.68. The van der Waals surface area contributed by atoms with Crippen molar-refractivity contribution in [3.8, 4) is 11.4 Å². The van der Waals surface area contributed by atoms with E-state index in [9.17, 15) is 0 Å². The molecule has 4 heterocycles. The van der Waals surface area contributed by atoms with Gasteiger partial charge in [-0.3, -0.25) is 9.97 Å². The normalized spacial score (nSPS) is 17.9. The minimum absolute atomic E-state index is 0.0392. The van der Waals surface area contributed by atoms with E-state index in [0.29, 0.717) is 11.7 Å². The molecular weight excluding hydrogens is 418 g/mol. The van der Waals surface area contributed by atoms with Crippen LogP contribution in [0.3, 0.4) is 0 Å². The van der Waals surface area contributed by atoms with Crippen molar-refractivity contribution < 1.29 is 4.74 Å².